The minimum Gasteiger partial charge on any atom is -0.329 e. The lowest BCUT2D eigenvalue weighted by Gasteiger charge is -2.30. The summed E-state index contributed by atoms with van der Waals surface area (Å²) in [6.45, 7) is 0. The molecule has 2 N–H and O–H groups in total. The van der Waals surface area contributed by atoms with Crippen molar-refractivity contribution in [3.05, 3.63) is 71.4 Å². The quantitative estimate of drug-likeness (QED) is 0.697. The minimum absolute atomic E-state index is 0.195. The molecule has 0 spiro atoms. The summed E-state index contributed by atoms with van der Waals surface area (Å²) < 4.78 is 1.13. The van der Waals surface area contributed by atoms with Crippen LogP contribution in [0.4, 0.5) is 5.13 Å². The van der Waals surface area contributed by atoms with Gasteiger partial charge in [-0.3, -0.25) is 4.79 Å². The first kappa shape index (κ1) is 16.2. The number of hydrogen-bond acceptors (Lipinski definition) is 6. The van der Waals surface area contributed by atoms with E-state index in [-0.39, 0.29) is 11.8 Å². The summed E-state index contributed by atoms with van der Waals surface area (Å²) in [6.07, 6.45) is 2.34. The van der Waals surface area contributed by atoms with Gasteiger partial charge in [0, 0.05) is 17.7 Å². The van der Waals surface area contributed by atoms with Crippen molar-refractivity contribution < 1.29 is 4.79 Å². The number of guanidine groups is 1. The van der Waals surface area contributed by atoms with Crippen molar-refractivity contribution in [1.82, 2.24) is 10.3 Å². The van der Waals surface area contributed by atoms with Gasteiger partial charge in [0.15, 0.2) is 10.9 Å². The number of carbonyl (C=O) groups excluding carboxylic acids is 1. The van der Waals surface area contributed by atoms with Crippen LogP contribution in [0.25, 0.3) is 10.2 Å². The number of allylic oxidation sites excluding steroid dienone is 1. The Labute approximate surface area is 160 Å². The normalized spacial score (nSPS) is 19.5. The van der Waals surface area contributed by atoms with Crippen molar-refractivity contribution in [2.75, 3.05) is 5.32 Å². The highest BCUT2D eigenvalue weighted by Gasteiger charge is 2.32. The Bertz CT molecular complexity index is 1050. The van der Waals surface area contributed by atoms with Crippen LogP contribution in [0.5, 0.6) is 0 Å². The van der Waals surface area contributed by atoms with E-state index in [1.807, 2.05) is 48.5 Å². The minimum atomic E-state index is -0.271. The Kier molecular flexibility index (Phi) is 3.98. The fourth-order valence-corrected chi connectivity index (χ4v) is 4.51. The molecule has 0 saturated carbocycles. The lowest BCUT2D eigenvalue weighted by Crippen LogP contribution is -2.38. The summed E-state index contributed by atoms with van der Waals surface area (Å²) in [5.41, 5.74) is 3.79. The predicted octanol–water partition coefficient (Wildman–Crippen LogP) is 4.42. The van der Waals surface area contributed by atoms with E-state index in [0.717, 1.165) is 45.0 Å². The first-order chi connectivity index (χ1) is 13.3. The van der Waals surface area contributed by atoms with E-state index in [4.69, 9.17) is 4.99 Å². The van der Waals surface area contributed by atoms with E-state index in [2.05, 4.69) is 21.7 Å². The van der Waals surface area contributed by atoms with Gasteiger partial charge in [-0.15, -0.1) is 0 Å². The molecular formula is C21H18N4OS. The molecule has 0 radical (unpaired) electrons. The van der Waals surface area contributed by atoms with Crippen molar-refractivity contribution in [1.29, 1.82) is 0 Å². The van der Waals surface area contributed by atoms with Crippen LogP contribution in [-0.2, 0) is 4.79 Å². The van der Waals surface area contributed by atoms with Crippen molar-refractivity contribution in [2.45, 2.75) is 25.3 Å². The highest BCUT2D eigenvalue weighted by atomic mass is 32.1. The topological polar surface area (TPSA) is 66.4 Å². The van der Waals surface area contributed by atoms with Crippen LogP contribution >= 0.6 is 11.3 Å². The SMILES string of the molecule is O=C1CCCC2=C1C(c1ccccc1)N=C(Nc1nc3ccccc3s1)N2. The molecule has 2 heterocycles. The maximum Gasteiger partial charge on any atom is 0.202 e. The van der Waals surface area contributed by atoms with Crippen molar-refractivity contribution in [3.63, 3.8) is 0 Å². The number of aromatic nitrogens is 1. The highest BCUT2D eigenvalue weighted by Crippen LogP contribution is 2.36. The van der Waals surface area contributed by atoms with E-state index in [0.29, 0.717) is 12.4 Å². The second kappa shape index (κ2) is 6.63. The summed E-state index contributed by atoms with van der Waals surface area (Å²) in [7, 11) is 0. The Balaban J connectivity index is 1.52. The molecule has 0 amide bonds. The first-order valence-electron chi connectivity index (χ1n) is 9.06. The third-order valence-corrected chi connectivity index (χ3v) is 5.84. The molecule has 5 nitrogen and oxygen atoms in total. The molecule has 5 rings (SSSR count). The number of hydrogen-bond donors (Lipinski definition) is 2. The molecule has 1 aromatic heterocycles. The van der Waals surface area contributed by atoms with Gasteiger partial charge in [-0.25, -0.2) is 9.98 Å². The molecular weight excluding hydrogens is 356 g/mol. The number of benzene rings is 2. The smallest absolute Gasteiger partial charge is 0.202 e. The number of anilines is 1. The Morgan fingerprint density at radius 3 is 2.70 bits per heavy atom. The fraction of sp³-hybridized carbons (Fsp3) is 0.190. The number of rotatable bonds is 2. The molecule has 0 fully saturated rings. The summed E-state index contributed by atoms with van der Waals surface area (Å²) in [4.78, 5) is 22.1. The van der Waals surface area contributed by atoms with Gasteiger partial charge in [-0.2, -0.15) is 0 Å². The fourth-order valence-electron chi connectivity index (χ4n) is 3.65. The standard InChI is InChI=1S/C21H18N4OS/c26-16-11-6-10-15-18(16)19(13-7-2-1-3-8-13)24-20(22-15)25-21-23-14-9-4-5-12-17(14)27-21/h1-5,7-9,12,19H,6,10-11H2,(H2,22,23,24,25). The van der Waals surface area contributed by atoms with Gasteiger partial charge in [0.25, 0.3) is 0 Å². The predicted molar refractivity (Wildman–Crippen MR) is 109 cm³/mol. The molecule has 27 heavy (non-hydrogen) atoms. The number of fused-ring (bicyclic) bond motifs is 1. The molecule has 1 atom stereocenters. The van der Waals surface area contributed by atoms with Gasteiger partial charge >= 0.3 is 0 Å². The van der Waals surface area contributed by atoms with E-state index < -0.39 is 0 Å². The van der Waals surface area contributed by atoms with Crippen LogP contribution in [0.1, 0.15) is 30.9 Å². The van der Waals surface area contributed by atoms with Crippen molar-refractivity contribution in [2.24, 2.45) is 4.99 Å². The molecule has 6 heteroatoms. The number of Topliss-reactive ketones (excluding diaryl/α,β-unsaturated/α-hetero) is 1. The van der Waals surface area contributed by atoms with E-state index in [1.54, 1.807) is 11.3 Å². The van der Waals surface area contributed by atoms with Gasteiger partial charge in [-0.1, -0.05) is 53.8 Å². The molecule has 2 aliphatic rings. The van der Waals surface area contributed by atoms with E-state index in [9.17, 15) is 4.79 Å². The molecule has 0 saturated heterocycles. The van der Waals surface area contributed by atoms with Gasteiger partial charge < -0.3 is 10.6 Å². The zero-order valence-corrected chi connectivity index (χ0v) is 15.4. The summed E-state index contributed by atoms with van der Waals surface area (Å²) >= 11 is 1.59. The van der Waals surface area contributed by atoms with Crippen LogP contribution in [0.2, 0.25) is 0 Å². The number of thiazole rings is 1. The van der Waals surface area contributed by atoms with Gasteiger partial charge in [0.2, 0.25) is 5.96 Å². The summed E-state index contributed by atoms with van der Waals surface area (Å²) in [5, 5.41) is 7.45. The van der Waals surface area contributed by atoms with E-state index in [1.165, 1.54) is 0 Å². The van der Waals surface area contributed by atoms with Crippen LogP contribution in [-0.4, -0.2) is 16.7 Å². The Hall–Kier alpha value is -2.99. The second-order valence-electron chi connectivity index (χ2n) is 6.70. The number of nitrogens with one attached hydrogen (secondary N) is 2. The van der Waals surface area contributed by atoms with Crippen molar-refractivity contribution in [3.8, 4) is 0 Å². The Morgan fingerprint density at radius 2 is 1.85 bits per heavy atom. The number of nitrogens with zero attached hydrogens (tertiary/aromatic N) is 2. The average molecular weight is 374 g/mol. The maximum absolute atomic E-state index is 12.6. The number of para-hydroxylation sites is 1. The third kappa shape index (κ3) is 3.02. The molecule has 134 valence electrons. The lowest BCUT2D eigenvalue weighted by molar-refractivity contribution is -0.116. The lowest BCUT2D eigenvalue weighted by atomic mass is 9.86. The number of ketones is 1. The zero-order chi connectivity index (χ0) is 18.2. The molecule has 1 aliphatic carbocycles. The molecule has 2 aromatic carbocycles. The van der Waals surface area contributed by atoms with Gasteiger partial charge in [-0.05, 0) is 30.5 Å². The summed E-state index contributed by atoms with van der Waals surface area (Å²) in [5.74, 6) is 0.844. The highest BCUT2D eigenvalue weighted by molar-refractivity contribution is 7.22. The second-order valence-corrected chi connectivity index (χ2v) is 7.73. The molecule has 3 aromatic rings. The molecule has 0 bridgehead atoms. The zero-order valence-electron chi connectivity index (χ0n) is 14.6. The first-order valence-corrected chi connectivity index (χ1v) is 9.88. The molecule has 1 aliphatic heterocycles. The van der Waals surface area contributed by atoms with Crippen molar-refractivity contribution >= 4 is 38.4 Å². The monoisotopic (exact) mass is 374 g/mol. The van der Waals surface area contributed by atoms with E-state index >= 15 is 0 Å². The maximum atomic E-state index is 12.6. The third-order valence-electron chi connectivity index (χ3n) is 4.89. The summed E-state index contributed by atoms with van der Waals surface area (Å²) in [6, 6.07) is 17.8. The Morgan fingerprint density at radius 1 is 1.04 bits per heavy atom. The van der Waals surface area contributed by atoms with Gasteiger partial charge in [0.05, 0.1) is 10.2 Å². The van der Waals surface area contributed by atoms with Crippen LogP contribution in [0.3, 0.4) is 0 Å². The molecule has 1 unspecified atom stereocenters. The average Bonchev–Trinajstić information content (AvgIpc) is 3.10. The number of carbonyl (C=O) groups is 1. The van der Waals surface area contributed by atoms with Crippen LogP contribution < -0.4 is 10.6 Å². The van der Waals surface area contributed by atoms with Crippen LogP contribution in [0, 0.1) is 0 Å². The number of aliphatic imine (C=N–C) groups is 1. The van der Waals surface area contributed by atoms with Crippen LogP contribution in [0.15, 0.2) is 70.9 Å². The largest absolute Gasteiger partial charge is 0.329 e. The van der Waals surface area contributed by atoms with Gasteiger partial charge in [0.1, 0.15) is 6.04 Å².